The number of esters is 1. The largest absolute Gasteiger partial charge is 0.461 e. The number of nitrogens with zero attached hydrogens (tertiary/aromatic N) is 2. The van der Waals surface area contributed by atoms with E-state index in [-0.39, 0.29) is 37.5 Å². The highest BCUT2D eigenvalue weighted by Gasteiger charge is 2.33. The summed E-state index contributed by atoms with van der Waals surface area (Å²) in [7, 11) is 0. The van der Waals surface area contributed by atoms with E-state index in [1.165, 1.54) is 6.92 Å². The van der Waals surface area contributed by atoms with E-state index >= 15 is 0 Å². The molecule has 0 aliphatic rings. The Kier molecular flexibility index (Phi) is 15.0. The van der Waals surface area contributed by atoms with Crippen molar-refractivity contribution in [2.75, 3.05) is 6.54 Å². The van der Waals surface area contributed by atoms with Crippen molar-refractivity contribution in [3.63, 3.8) is 0 Å². The maximum Gasteiger partial charge on any atom is 0.328 e. The number of fused-ring (bicyclic) bond motifs is 1. The number of hydrogen-bond donors (Lipinski definition) is 5. The van der Waals surface area contributed by atoms with Crippen LogP contribution in [-0.4, -0.2) is 82.1 Å². The molecule has 0 bridgehead atoms. The molecule has 0 radical (unpaired) electrons. The Balaban J connectivity index is 2.35. The van der Waals surface area contributed by atoms with Crippen molar-refractivity contribution < 1.29 is 38.3 Å². The lowest BCUT2D eigenvalue weighted by Gasteiger charge is -2.27. The van der Waals surface area contributed by atoms with Gasteiger partial charge in [0.15, 0.2) is 0 Å². The van der Waals surface area contributed by atoms with E-state index in [0.717, 1.165) is 16.5 Å². The third kappa shape index (κ3) is 13.2. The van der Waals surface area contributed by atoms with E-state index in [1.54, 1.807) is 40.8 Å². The number of aromatic amines is 1. The van der Waals surface area contributed by atoms with Gasteiger partial charge in [0.2, 0.25) is 29.4 Å². The molecule has 1 aromatic carbocycles. The highest BCUT2D eigenvalue weighted by Crippen LogP contribution is 2.20. The monoisotopic (exact) mass is 653 g/mol. The molecule has 2 rings (SSSR count). The van der Waals surface area contributed by atoms with E-state index in [0.29, 0.717) is 25.6 Å². The van der Waals surface area contributed by atoms with Crippen LogP contribution in [0.2, 0.25) is 0 Å². The second kappa shape index (κ2) is 18.3. The zero-order valence-corrected chi connectivity index (χ0v) is 28.0. The van der Waals surface area contributed by atoms with Crippen molar-refractivity contribution in [1.82, 2.24) is 26.3 Å². The highest BCUT2D eigenvalue weighted by molar-refractivity contribution is 6.25. The molecule has 1 heterocycles. The average Bonchev–Trinajstić information content (AvgIpc) is 3.39. The summed E-state index contributed by atoms with van der Waals surface area (Å²) >= 11 is 0. The SMILES string of the molecule is CC(=O)NCCCCC(NC(=O)C(Cc1c[nH]c2ccccc12)NC(=O)C(C)(C)C)C(=O)NC(CCC(=O)C=[N+]=[N-])C(=O)OC(C)C. The van der Waals surface area contributed by atoms with Crippen LogP contribution in [0.15, 0.2) is 30.5 Å². The van der Waals surface area contributed by atoms with Gasteiger partial charge in [-0.1, -0.05) is 39.0 Å². The molecular weight excluding hydrogens is 606 g/mol. The van der Waals surface area contributed by atoms with Gasteiger partial charge < -0.3 is 36.5 Å². The van der Waals surface area contributed by atoms with Gasteiger partial charge in [-0.15, -0.1) is 0 Å². The lowest BCUT2D eigenvalue weighted by atomic mass is 9.94. The van der Waals surface area contributed by atoms with Crippen LogP contribution >= 0.6 is 0 Å². The van der Waals surface area contributed by atoms with Gasteiger partial charge in [-0.05, 0) is 51.2 Å². The number of nitrogens with one attached hydrogen (secondary N) is 5. The molecule has 3 atom stereocenters. The Bertz CT molecular complexity index is 1470. The van der Waals surface area contributed by atoms with Crippen LogP contribution in [0.1, 0.15) is 79.2 Å². The number of ether oxygens (including phenoxy) is 1. The zero-order chi connectivity index (χ0) is 35.1. The van der Waals surface area contributed by atoms with Gasteiger partial charge in [0.05, 0.1) is 6.10 Å². The minimum absolute atomic E-state index is 0.131. The van der Waals surface area contributed by atoms with Crippen molar-refractivity contribution in [3.8, 4) is 0 Å². The van der Waals surface area contributed by atoms with Gasteiger partial charge in [-0.3, -0.25) is 24.0 Å². The third-order valence-electron chi connectivity index (χ3n) is 7.16. The average molecular weight is 654 g/mol. The molecule has 0 saturated heterocycles. The van der Waals surface area contributed by atoms with Gasteiger partial charge in [-0.25, -0.2) is 4.79 Å². The van der Waals surface area contributed by atoms with Gasteiger partial charge in [0.1, 0.15) is 18.1 Å². The lowest BCUT2D eigenvalue weighted by Crippen LogP contribution is -2.57. The Morgan fingerprint density at radius 1 is 0.936 bits per heavy atom. The second-order valence-electron chi connectivity index (χ2n) is 12.7. The molecule has 47 heavy (non-hydrogen) atoms. The fourth-order valence-electron chi connectivity index (χ4n) is 4.63. The number of amides is 4. The van der Waals surface area contributed by atoms with Crippen molar-refractivity contribution in [2.24, 2.45) is 5.41 Å². The molecule has 14 heteroatoms. The van der Waals surface area contributed by atoms with Crippen LogP contribution in [0, 0.1) is 5.41 Å². The van der Waals surface area contributed by atoms with Gasteiger partial charge in [0.25, 0.3) is 0 Å². The number of Topliss-reactive ketones (excluding diaryl/α,β-unsaturated/α-hetero) is 1. The summed E-state index contributed by atoms with van der Waals surface area (Å²) in [6.45, 7) is 10.2. The molecule has 256 valence electrons. The normalized spacial score (nSPS) is 13.1. The molecule has 4 amide bonds. The summed E-state index contributed by atoms with van der Waals surface area (Å²) in [4.78, 5) is 82.6. The predicted octanol–water partition coefficient (Wildman–Crippen LogP) is 2.12. The third-order valence-corrected chi connectivity index (χ3v) is 7.16. The first kappa shape index (κ1) is 38.3. The zero-order valence-electron chi connectivity index (χ0n) is 28.0. The van der Waals surface area contributed by atoms with Crippen molar-refractivity contribution in [3.05, 3.63) is 41.6 Å². The molecular formula is C33H47N7O7. The van der Waals surface area contributed by atoms with Crippen molar-refractivity contribution >= 4 is 52.5 Å². The molecule has 0 aliphatic carbocycles. The number of benzene rings is 1. The molecule has 5 N–H and O–H groups in total. The molecule has 1 aromatic heterocycles. The summed E-state index contributed by atoms with van der Waals surface area (Å²) in [5, 5.41) is 11.8. The van der Waals surface area contributed by atoms with Crippen LogP contribution in [0.25, 0.3) is 16.4 Å². The minimum atomic E-state index is -1.23. The van der Waals surface area contributed by atoms with Crippen molar-refractivity contribution in [1.29, 1.82) is 0 Å². The Hall–Kier alpha value is -4.84. The topological polar surface area (TPSA) is 212 Å². The first-order valence-electron chi connectivity index (χ1n) is 15.7. The molecule has 14 nitrogen and oxygen atoms in total. The number of ketones is 1. The number of unbranched alkanes of at least 4 members (excludes halogenated alkanes) is 1. The van der Waals surface area contributed by atoms with Crippen LogP contribution in [0.4, 0.5) is 0 Å². The van der Waals surface area contributed by atoms with Crippen LogP contribution in [-0.2, 0) is 39.9 Å². The Morgan fingerprint density at radius 2 is 1.60 bits per heavy atom. The molecule has 2 aromatic rings. The Labute approximate surface area is 274 Å². The van der Waals surface area contributed by atoms with Crippen LogP contribution in [0.3, 0.4) is 0 Å². The lowest BCUT2D eigenvalue weighted by molar-refractivity contribution is -0.152. The van der Waals surface area contributed by atoms with Crippen LogP contribution < -0.4 is 21.3 Å². The molecule has 3 unspecified atom stereocenters. The fourth-order valence-corrected chi connectivity index (χ4v) is 4.63. The Morgan fingerprint density at radius 3 is 2.23 bits per heavy atom. The molecule has 0 spiro atoms. The quantitative estimate of drug-likeness (QED) is 0.0531. The molecule has 0 saturated carbocycles. The summed E-state index contributed by atoms with van der Waals surface area (Å²) in [6.07, 6.45) is 2.81. The van der Waals surface area contributed by atoms with E-state index < -0.39 is 53.2 Å². The number of aromatic nitrogens is 1. The van der Waals surface area contributed by atoms with Crippen molar-refractivity contribution in [2.45, 2.75) is 104 Å². The maximum atomic E-state index is 13.9. The summed E-state index contributed by atoms with van der Waals surface area (Å²) in [5.41, 5.74) is 9.51. The number of para-hydroxylation sites is 1. The number of H-pyrrole nitrogens is 1. The minimum Gasteiger partial charge on any atom is -0.461 e. The number of hydrogen-bond acceptors (Lipinski definition) is 7. The van der Waals surface area contributed by atoms with Gasteiger partial charge in [0, 0.05) is 48.8 Å². The fraction of sp³-hybridized carbons (Fsp3) is 0.545. The standard InChI is InChI=1S/C33H47N7O7/c1-20(2)47-31(45)27(15-14-23(42)19-37-34)39-29(43)26(13-9-10-16-35-21(3)41)38-30(44)28(40-32(46)33(4,5)6)17-22-18-36-25-12-8-7-11-24(22)25/h7-8,11-12,18-20,26-28,36H,9-10,13-17H2,1-6H3,(H,35,41)(H,38,44)(H,39,43)(H,40,46). The summed E-state index contributed by atoms with van der Waals surface area (Å²) < 4.78 is 5.28. The summed E-state index contributed by atoms with van der Waals surface area (Å²) in [5.74, 6) is -3.20. The number of carbonyl (C=O) groups is 6. The van der Waals surface area contributed by atoms with E-state index in [9.17, 15) is 28.8 Å². The summed E-state index contributed by atoms with van der Waals surface area (Å²) in [6, 6.07) is 4.13. The second-order valence-corrected chi connectivity index (χ2v) is 12.7. The first-order chi connectivity index (χ1) is 22.1. The van der Waals surface area contributed by atoms with Gasteiger partial charge >= 0.3 is 12.2 Å². The smallest absolute Gasteiger partial charge is 0.328 e. The van der Waals surface area contributed by atoms with E-state index in [4.69, 9.17) is 10.3 Å². The predicted molar refractivity (Wildman–Crippen MR) is 175 cm³/mol. The van der Waals surface area contributed by atoms with Gasteiger partial charge in [-0.2, -0.15) is 4.79 Å². The van der Waals surface area contributed by atoms with Crippen LogP contribution in [0.5, 0.6) is 0 Å². The molecule has 0 aliphatic heterocycles. The first-order valence-corrected chi connectivity index (χ1v) is 15.7. The number of carbonyl (C=O) groups excluding carboxylic acids is 6. The molecule has 0 fully saturated rings. The number of rotatable bonds is 18. The maximum absolute atomic E-state index is 13.9. The highest BCUT2D eigenvalue weighted by atomic mass is 16.5. The van der Waals surface area contributed by atoms with E-state index in [1.807, 2.05) is 24.3 Å². The van der Waals surface area contributed by atoms with E-state index in [2.05, 4.69) is 31.0 Å².